The van der Waals surface area contributed by atoms with E-state index in [1.54, 1.807) is 0 Å². The van der Waals surface area contributed by atoms with Crippen LogP contribution in [0.25, 0.3) is 10.9 Å². The van der Waals surface area contributed by atoms with Gasteiger partial charge in [-0.3, -0.25) is 4.98 Å². The molecule has 3 aromatic rings. The van der Waals surface area contributed by atoms with Gasteiger partial charge in [0.1, 0.15) is 0 Å². The van der Waals surface area contributed by atoms with Gasteiger partial charge in [0.25, 0.3) is 0 Å². The zero-order valence-corrected chi connectivity index (χ0v) is 10.5. The zero-order chi connectivity index (χ0) is 12.4. The third-order valence-electron chi connectivity index (χ3n) is 3.32. The molecule has 0 bridgehead atoms. The molecule has 0 aliphatic rings. The Morgan fingerprint density at radius 3 is 2.72 bits per heavy atom. The van der Waals surface area contributed by atoms with Gasteiger partial charge in [0, 0.05) is 30.7 Å². The van der Waals surface area contributed by atoms with Crippen molar-refractivity contribution in [2.24, 2.45) is 0 Å². The molecule has 2 aromatic heterocycles. The van der Waals surface area contributed by atoms with E-state index in [0.29, 0.717) is 0 Å². The van der Waals surface area contributed by atoms with Crippen molar-refractivity contribution in [1.82, 2.24) is 9.55 Å². The molecule has 2 nitrogen and oxygen atoms in total. The Labute approximate surface area is 107 Å². The predicted molar refractivity (Wildman–Crippen MR) is 74.6 cm³/mol. The van der Waals surface area contributed by atoms with Crippen molar-refractivity contribution in [2.45, 2.75) is 19.9 Å². The zero-order valence-electron chi connectivity index (χ0n) is 10.5. The first-order valence-electron chi connectivity index (χ1n) is 6.27. The second-order valence-electron chi connectivity index (χ2n) is 4.68. The highest BCUT2D eigenvalue weighted by Crippen LogP contribution is 2.17. The quantitative estimate of drug-likeness (QED) is 0.679. The van der Waals surface area contributed by atoms with Crippen LogP contribution in [0.5, 0.6) is 0 Å². The molecule has 0 fully saturated rings. The van der Waals surface area contributed by atoms with Crippen LogP contribution < -0.4 is 0 Å². The van der Waals surface area contributed by atoms with Gasteiger partial charge in [-0.25, -0.2) is 0 Å². The topological polar surface area (TPSA) is 17.8 Å². The molecule has 0 radical (unpaired) electrons. The summed E-state index contributed by atoms with van der Waals surface area (Å²) in [6.45, 7) is 3.15. The first-order chi connectivity index (χ1) is 8.83. The van der Waals surface area contributed by atoms with E-state index in [1.807, 2.05) is 12.4 Å². The van der Waals surface area contributed by atoms with Gasteiger partial charge in [0.15, 0.2) is 0 Å². The van der Waals surface area contributed by atoms with E-state index in [-0.39, 0.29) is 0 Å². The van der Waals surface area contributed by atoms with Crippen molar-refractivity contribution < 1.29 is 0 Å². The van der Waals surface area contributed by atoms with E-state index in [9.17, 15) is 0 Å². The summed E-state index contributed by atoms with van der Waals surface area (Å²) in [5.74, 6) is 0. The lowest BCUT2D eigenvalue weighted by Crippen LogP contribution is -1.99. The Kier molecular flexibility index (Phi) is 2.85. The van der Waals surface area contributed by atoms with Gasteiger partial charge in [0.05, 0.1) is 0 Å². The Bertz CT molecular complexity index is 653. The monoisotopic (exact) mass is 236 g/mol. The van der Waals surface area contributed by atoms with Crippen molar-refractivity contribution in [2.75, 3.05) is 0 Å². The molecule has 18 heavy (non-hydrogen) atoms. The standard InChI is InChI=1S/C16H16N2/c1-13-2-3-15-7-11-18(16(15)12-13)10-6-14-4-8-17-9-5-14/h2-5,7-9,11-12H,6,10H2,1H3. The van der Waals surface area contributed by atoms with Crippen LogP contribution in [0.2, 0.25) is 0 Å². The molecule has 0 N–H and O–H groups in total. The van der Waals surface area contributed by atoms with Crippen LogP contribution in [0, 0.1) is 6.92 Å². The normalized spacial score (nSPS) is 10.9. The van der Waals surface area contributed by atoms with Crippen LogP contribution in [0.1, 0.15) is 11.1 Å². The fourth-order valence-corrected chi connectivity index (χ4v) is 2.29. The van der Waals surface area contributed by atoms with Crippen LogP contribution in [0.3, 0.4) is 0 Å². The first kappa shape index (κ1) is 11.0. The second-order valence-corrected chi connectivity index (χ2v) is 4.68. The van der Waals surface area contributed by atoms with E-state index in [1.165, 1.54) is 22.0 Å². The summed E-state index contributed by atoms with van der Waals surface area (Å²) in [4.78, 5) is 4.05. The number of aryl methyl sites for hydroxylation is 3. The van der Waals surface area contributed by atoms with E-state index < -0.39 is 0 Å². The summed E-state index contributed by atoms with van der Waals surface area (Å²) in [5, 5.41) is 1.32. The number of hydrogen-bond acceptors (Lipinski definition) is 1. The number of hydrogen-bond donors (Lipinski definition) is 0. The summed E-state index contributed by atoms with van der Waals surface area (Å²) in [5.41, 5.74) is 3.97. The van der Waals surface area contributed by atoms with Gasteiger partial charge in [0.2, 0.25) is 0 Å². The summed E-state index contributed by atoms with van der Waals surface area (Å²) >= 11 is 0. The molecule has 2 heteroatoms. The van der Waals surface area contributed by atoms with Crippen molar-refractivity contribution in [3.05, 3.63) is 66.1 Å². The molecule has 90 valence electrons. The van der Waals surface area contributed by atoms with Crippen molar-refractivity contribution in [1.29, 1.82) is 0 Å². The first-order valence-corrected chi connectivity index (χ1v) is 6.27. The minimum atomic E-state index is 1.01. The average molecular weight is 236 g/mol. The molecule has 2 heterocycles. The molecule has 0 atom stereocenters. The largest absolute Gasteiger partial charge is 0.347 e. The van der Waals surface area contributed by atoms with Crippen molar-refractivity contribution in [3.8, 4) is 0 Å². The SMILES string of the molecule is Cc1ccc2ccn(CCc3ccncc3)c2c1. The molecule has 0 aliphatic heterocycles. The number of nitrogens with zero attached hydrogens (tertiary/aromatic N) is 2. The van der Waals surface area contributed by atoms with Crippen molar-refractivity contribution in [3.63, 3.8) is 0 Å². The van der Waals surface area contributed by atoms with Gasteiger partial charge in [-0.05, 0) is 54.1 Å². The molecule has 1 aromatic carbocycles. The maximum Gasteiger partial charge on any atom is 0.0483 e. The van der Waals surface area contributed by atoms with Gasteiger partial charge in [-0.15, -0.1) is 0 Å². The summed E-state index contributed by atoms with van der Waals surface area (Å²) < 4.78 is 2.32. The van der Waals surface area contributed by atoms with Gasteiger partial charge in [-0.2, -0.15) is 0 Å². The van der Waals surface area contributed by atoms with Crippen LogP contribution in [0.4, 0.5) is 0 Å². The smallest absolute Gasteiger partial charge is 0.0483 e. The van der Waals surface area contributed by atoms with E-state index in [4.69, 9.17) is 0 Å². The number of rotatable bonds is 3. The molecule has 0 spiro atoms. The third-order valence-corrected chi connectivity index (χ3v) is 3.32. The molecule has 0 aliphatic carbocycles. The Morgan fingerprint density at radius 1 is 1.06 bits per heavy atom. The highest BCUT2D eigenvalue weighted by Gasteiger charge is 2.01. The average Bonchev–Trinajstić information content (AvgIpc) is 2.80. The lowest BCUT2D eigenvalue weighted by Gasteiger charge is -2.06. The summed E-state index contributed by atoms with van der Waals surface area (Å²) in [6, 6.07) is 12.9. The molecule has 0 saturated carbocycles. The van der Waals surface area contributed by atoms with Gasteiger partial charge >= 0.3 is 0 Å². The highest BCUT2D eigenvalue weighted by molar-refractivity contribution is 5.80. The maximum absolute atomic E-state index is 4.05. The van der Waals surface area contributed by atoms with Crippen molar-refractivity contribution >= 4 is 10.9 Å². The third kappa shape index (κ3) is 2.14. The summed E-state index contributed by atoms with van der Waals surface area (Å²) in [7, 11) is 0. The molecule has 0 unspecified atom stereocenters. The Morgan fingerprint density at radius 2 is 1.89 bits per heavy atom. The van der Waals surface area contributed by atoms with E-state index in [2.05, 4.69) is 59.1 Å². The number of pyridine rings is 1. The van der Waals surface area contributed by atoms with Crippen LogP contribution in [0.15, 0.2) is 55.0 Å². The second kappa shape index (κ2) is 4.65. The minimum absolute atomic E-state index is 1.01. The van der Waals surface area contributed by atoms with Crippen LogP contribution in [-0.2, 0) is 13.0 Å². The van der Waals surface area contributed by atoms with Crippen LogP contribution in [-0.4, -0.2) is 9.55 Å². The van der Waals surface area contributed by atoms with E-state index >= 15 is 0 Å². The molecule has 0 saturated heterocycles. The van der Waals surface area contributed by atoms with Gasteiger partial charge < -0.3 is 4.57 Å². The van der Waals surface area contributed by atoms with Crippen LogP contribution >= 0.6 is 0 Å². The number of fused-ring (bicyclic) bond motifs is 1. The maximum atomic E-state index is 4.05. The molecule has 0 amide bonds. The summed E-state index contributed by atoms with van der Waals surface area (Å²) in [6.07, 6.45) is 6.92. The molecule has 3 rings (SSSR count). The fourth-order valence-electron chi connectivity index (χ4n) is 2.29. The van der Waals surface area contributed by atoms with E-state index in [0.717, 1.165) is 13.0 Å². The lowest BCUT2D eigenvalue weighted by atomic mass is 10.2. The van der Waals surface area contributed by atoms with Gasteiger partial charge in [-0.1, -0.05) is 12.1 Å². The number of benzene rings is 1. The lowest BCUT2D eigenvalue weighted by molar-refractivity contribution is 0.722. The fraction of sp³-hybridized carbons (Fsp3) is 0.188. The highest BCUT2D eigenvalue weighted by atomic mass is 14.9. The Hall–Kier alpha value is -2.09. The minimum Gasteiger partial charge on any atom is -0.347 e. The number of aromatic nitrogens is 2. The molecular formula is C16H16N2. The Balaban J connectivity index is 1.85. The predicted octanol–water partition coefficient (Wildman–Crippen LogP) is 3.59. The molecular weight excluding hydrogens is 220 g/mol.